The van der Waals surface area contributed by atoms with E-state index in [9.17, 15) is 20.4 Å². The molecule has 0 saturated carbocycles. The molecule has 1 aliphatic rings. The molecule has 3 rings (SSSR count). The Labute approximate surface area is 179 Å². The smallest absolute Gasteiger partial charge is 0.200 e. The Kier molecular flexibility index (Phi) is 7.86. The van der Waals surface area contributed by atoms with Crippen molar-refractivity contribution >= 4 is 0 Å². The van der Waals surface area contributed by atoms with Gasteiger partial charge in [0.25, 0.3) is 0 Å². The van der Waals surface area contributed by atoms with Crippen molar-refractivity contribution in [3.8, 4) is 23.0 Å². The maximum Gasteiger partial charge on any atom is 0.200 e. The lowest BCUT2D eigenvalue weighted by Gasteiger charge is -2.31. The third-order valence-corrected chi connectivity index (χ3v) is 5.90. The second-order valence-electron chi connectivity index (χ2n) is 8.38. The molecule has 0 aliphatic carbocycles. The quantitative estimate of drug-likeness (QED) is 0.303. The molecule has 0 saturated heterocycles. The Hall–Kier alpha value is -2.40. The third kappa shape index (κ3) is 5.60. The van der Waals surface area contributed by atoms with Crippen LogP contribution in [0.4, 0.5) is 0 Å². The summed E-state index contributed by atoms with van der Waals surface area (Å²) in [5.41, 5.74) is 2.59. The number of aryl methyl sites for hydroxylation is 1. The van der Waals surface area contributed by atoms with E-state index in [0.717, 1.165) is 24.2 Å². The molecule has 0 radical (unpaired) electrons. The first-order valence-corrected chi connectivity index (χ1v) is 11.2. The van der Waals surface area contributed by atoms with Crippen molar-refractivity contribution in [2.24, 2.45) is 0 Å². The van der Waals surface area contributed by atoms with Gasteiger partial charge >= 0.3 is 0 Å². The molecule has 1 heterocycles. The lowest BCUT2D eigenvalue weighted by molar-refractivity contribution is 0.0205. The standard InChI is InChI=1S/C25H34O5/c1-2-3-4-5-6-7-8-9-10-17-11-12-18-14-22(28)25(30-23(18)13-17)19-15-20(26)24(29)21(27)16-19/h11-13,15-16,22,25-29H,2-10,14H2,1H3. The summed E-state index contributed by atoms with van der Waals surface area (Å²) in [6, 6.07) is 8.79. The molecule has 0 aromatic heterocycles. The molecule has 5 heteroatoms. The van der Waals surface area contributed by atoms with Crippen LogP contribution >= 0.6 is 0 Å². The number of hydrogen-bond donors (Lipinski definition) is 4. The summed E-state index contributed by atoms with van der Waals surface area (Å²) in [4.78, 5) is 0. The van der Waals surface area contributed by atoms with Crippen LogP contribution in [0.1, 0.15) is 81.1 Å². The topological polar surface area (TPSA) is 90.2 Å². The molecular formula is C25H34O5. The number of phenolic OH excluding ortho intramolecular Hbond substituents is 3. The summed E-state index contributed by atoms with van der Waals surface area (Å²) in [7, 11) is 0. The predicted octanol–water partition coefficient (Wildman–Crippen LogP) is 5.52. The van der Waals surface area contributed by atoms with E-state index in [0.29, 0.717) is 12.0 Å². The average Bonchev–Trinajstić information content (AvgIpc) is 2.73. The van der Waals surface area contributed by atoms with Crippen molar-refractivity contribution in [3.05, 3.63) is 47.0 Å². The second-order valence-corrected chi connectivity index (χ2v) is 8.38. The third-order valence-electron chi connectivity index (χ3n) is 5.90. The van der Waals surface area contributed by atoms with Gasteiger partial charge in [0.05, 0.1) is 6.10 Å². The molecular weight excluding hydrogens is 380 g/mol. The molecule has 0 fully saturated rings. The summed E-state index contributed by atoms with van der Waals surface area (Å²) >= 11 is 0. The first kappa shape index (κ1) is 22.3. The first-order valence-electron chi connectivity index (χ1n) is 11.2. The van der Waals surface area contributed by atoms with Crippen molar-refractivity contribution in [3.63, 3.8) is 0 Å². The molecule has 2 aromatic carbocycles. The molecule has 1 aliphatic heterocycles. The van der Waals surface area contributed by atoms with Gasteiger partial charge in [-0.2, -0.15) is 0 Å². The lowest BCUT2D eigenvalue weighted by Crippen LogP contribution is -2.30. The van der Waals surface area contributed by atoms with Crippen LogP contribution in [-0.2, 0) is 12.8 Å². The number of hydrogen-bond acceptors (Lipinski definition) is 5. The van der Waals surface area contributed by atoms with Crippen LogP contribution in [0.5, 0.6) is 23.0 Å². The minimum atomic E-state index is -0.806. The van der Waals surface area contributed by atoms with Crippen LogP contribution < -0.4 is 4.74 Å². The van der Waals surface area contributed by atoms with Gasteiger partial charge in [0.15, 0.2) is 23.4 Å². The Morgan fingerprint density at radius 2 is 1.50 bits per heavy atom. The number of aromatic hydroxyl groups is 3. The molecule has 2 unspecified atom stereocenters. The molecule has 2 atom stereocenters. The maximum atomic E-state index is 10.5. The SMILES string of the molecule is CCCCCCCCCCc1ccc2c(c1)OC(c1cc(O)c(O)c(O)c1)C(O)C2. The highest BCUT2D eigenvalue weighted by Gasteiger charge is 2.31. The number of benzene rings is 2. The number of unbranched alkanes of at least 4 members (excludes halogenated alkanes) is 7. The van der Waals surface area contributed by atoms with Gasteiger partial charge in [0, 0.05) is 12.0 Å². The Bertz CT molecular complexity index is 809. The van der Waals surface area contributed by atoms with Crippen molar-refractivity contribution in [2.45, 2.75) is 83.3 Å². The summed E-state index contributed by atoms with van der Waals surface area (Å²) in [6.45, 7) is 2.24. The number of aliphatic hydroxyl groups excluding tert-OH is 1. The number of ether oxygens (including phenoxy) is 1. The molecule has 2 aromatic rings. The summed E-state index contributed by atoms with van der Waals surface area (Å²) in [5.74, 6) is -0.711. The van der Waals surface area contributed by atoms with E-state index in [1.807, 2.05) is 12.1 Å². The van der Waals surface area contributed by atoms with Gasteiger partial charge in [-0.05, 0) is 42.2 Å². The zero-order valence-electron chi connectivity index (χ0n) is 17.8. The van der Waals surface area contributed by atoms with Gasteiger partial charge in [-0.3, -0.25) is 0 Å². The molecule has 0 bridgehead atoms. The minimum absolute atomic E-state index is 0.425. The molecule has 4 N–H and O–H groups in total. The van der Waals surface area contributed by atoms with Gasteiger partial charge in [-0.15, -0.1) is 0 Å². The van der Waals surface area contributed by atoms with Crippen LogP contribution in [0, 0.1) is 0 Å². The Balaban J connectivity index is 1.58. The van der Waals surface area contributed by atoms with Gasteiger partial charge < -0.3 is 25.2 Å². The molecule has 0 spiro atoms. The van der Waals surface area contributed by atoms with E-state index >= 15 is 0 Å². The van der Waals surface area contributed by atoms with E-state index in [1.54, 1.807) is 0 Å². The number of aliphatic hydroxyl groups is 1. The fraction of sp³-hybridized carbons (Fsp3) is 0.520. The zero-order valence-corrected chi connectivity index (χ0v) is 17.8. The largest absolute Gasteiger partial charge is 0.504 e. The van der Waals surface area contributed by atoms with E-state index in [2.05, 4.69) is 13.0 Å². The van der Waals surface area contributed by atoms with Gasteiger partial charge in [-0.1, -0.05) is 64.0 Å². The van der Waals surface area contributed by atoms with Gasteiger partial charge in [0.2, 0.25) is 0 Å². The summed E-state index contributed by atoms with van der Waals surface area (Å²) in [6.07, 6.45) is 10.2. The Morgan fingerprint density at radius 1 is 0.867 bits per heavy atom. The zero-order chi connectivity index (χ0) is 21.5. The molecule has 30 heavy (non-hydrogen) atoms. The van der Waals surface area contributed by atoms with Crippen LogP contribution in [0.15, 0.2) is 30.3 Å². The minimum Gasteiger partial charge on any atom is -0.504 e. The molecule has 5 nitrogen and oxygen atoms in total. The maximum absolute atomic E-state index is 10.5. The van der Waals surface area contributed by atoms with E-state index in [1.165, 1.54) is 62.6 Å². The van der Waals surface area contributed by atoms with Crippen LogP contribution in [0.2, 0.25) is 0 Å². The van der Waals surface area contributed by atoms with Crippen molar-refractivity contribution in [1.29, 1.82) is 0 Å². The number of fused-ring (bicyclic) bond motifs is 1. The van der Waals surface area contributed by atoms with Gasteiger partial charge in [0.1, 0.15) is 5.75 Å². The molecule has 164 valence electrons. The van der Waals surface area contributed by atoms with Crippen molar-refractivity contribution in [1.82, 2.24) is 0 Å². The van der Waals surface area contributed by atoms with E-state index in [-0.39, 0.29) is 0 Å². The Morgan fingerprint density at radius 3 is 2.17 bits per heavy atom. The van der Waals surface area contributed by atoms with Crippen LogP contribution in [0.25, 0.3) is 0 Å². The van der Waals surface area contributed by atoms with E-state index in [4.69, 9.17) is 4.74 Å². The monoisotopic (exact) mass is 414 g/mol. The van der Waals surface area contributed by atoms with Crippen molar-refractivity contribution < 1.29 is 25.2 Å². The second kappa shape index (κ2) is 10.6. The number of rotatable bonds is 10. The average molecular weight is 415 g/mol. The van der Waals surface area contributed by atoms with Crippen LogP contribution in [0.3, 0.4) is 0 Å². The highest BCUT2D eigenvalue weighted by molar-refractivity contribution is 5.52. The predicted molar refractivity (Wildman–Crippen MR) is 117 cm³/mol. The summed E-state index contributed by atoms with van der Waals surface area (Å²) in [5, 5.41) is 39.7. The number of phenols is 3. The van der Waals surface area contributed by atoms with Crippen molar-refractivity contribution in [2.75, 3.05) is 0 Å². The fourth-order valence-corrected chi connectivity index (χ4v) is 4.12. The highest BCUT2D eigenvalue weighted by atomic mass is 16.5. The van der Waals surface area contributed by atoms with Gasteiger partial charge in [-0.25, -0.2) is 0 Å². The van der Waals surface area contributed by atoms with E-state index < -0.39 is 29.5 Å². The normalized spacial score (nSPS) is 18.1. The fourth-order valence-electron chi connectivity index (χ4n) is 4.12. The van der Waals surface area contributed by atoms with Crippen LogP contribution in [-0.4, -0.2) is 26.5 Å². The summed E-state index contributed by atoms with van der Waals surface area (Å²) < 4.78 is 6.05. The first-order chi connectivity index (χ1) is 14.5. The lowest BCUT2D eigenvalue weighted by atomic mass is 9.93. The highest BCUT2D eigenvalue weighted by Crippen LogP contribution is 2.41. The molecule has 0 amide bonds.